The van der Waals surface area contributed by atoms with Crippen LogP contribution in [-0.2, 0) is 20.6 Å². The van der Waals surface area contributed by atoms with Crippen LogP contribution >= 0.6 is 0 Å². The van der Waals surface area contributed by atoms with E-state index in [2.05, 4.69) is 16.9 Å². The molecule has 25 heavy (non-hydrogen) atoms. The summed E-state index contributed by atoms with van der Waals surface area (Å²) in [6, 6.07) is 6.06. The van der Waals surface area contributed by atoms with Gasteiger partial charge in [0.05, 0.1) is 6.54 Å². The molecule has 7 nitrogen and oxygen atoms in total. The van der Waals surface area contributed by atoms with Crippen molar-refractivity contribution in [2.45, 2.75) is 6.54 Å². The Morgan fingerprint density at radius 1 is 1.24 bits per heavy atom. The number of aryl methyl sites for hydroxylation is 2. The second-order valence-electron chi connectivity index (χ2n) is 5.66. The van der Waals surface area contributed by atoms with E-state index in [9.17, 15) is 14.0 Å². The third kappa shape index (κ3) is 2.75. The minimum absolute atomic E-state index is 0.144. The molecule has 0 radical (unpaired) electrons. The Balaban J connectivity index is 2.22. The highest BCUT2D eigenvalue weighted by Crippen LogP contribution is 2.14. The minimum Gasteiger partial charge on any atom is -0.352 e. The lowest BCUT2D eigenvalue weighted by Crippen LogP contribution is -2.40. The summed E-state index contributed by atoms with van der Waals surface area (Å²) in [5.74, 6) is -0.0134. The van der Waals surface area contributed by atoms with Crippen molar-refractivity contribution < 1.29 is 4.39 Å². The first-order valence-corrected chi connectivity index (χ1v) is 7.70. The maximum atomic E-state index is 13.9. The summed E-state index contributed by atoms with van der Waals surface area (Å²) in [5, 5.41) is 3.01. The van der Waals surface area contributed by atoms with Crippen molar-refractivity contribution in [2.24, 2.45) is 14.1 Å². The van der Waals surface area contributed by atoms with E-state index in [1.54, 1.807) is 35.9 Å². The first-order valence-electron chi connectivity index (χ1n) is 7.70. The molecule has 0 aliphatic rings. The van der Waals surface area contributed by atoms with Crippen molar-refractivity contribution in [1.29, 1.82) is 0 Å². The second kappa shape index (κ2) is 6.39. The van der Waals surface area contributed by atoms with Crippen LogP contribution in [0.5, 0.6) is 0 Å². The molecule has 3 rings (SSSR count). The zero-order valence-electron chi connectivity index (χ0n) is 14.0. The molecule has 0 unspecified atom stereocenters. The van der Waals surface area contributed by atoms with Crippen LogP contribution in [0.25, 0.3) is 11.2 Å². The number of halogens is 1. The monoisotopic (exact) mass is 343 g/mol. The number of hydrogen-bond acceptors (Lipinski definition) is 4. The number of rotatable bonds is 5. The molecule has 0 aliphatic carbocycles. The number of aromatic nitrogens is 4. The Morgan fingerprint density at radius 2 is 1.96 bits per heavy atom. The van der Waals surface area contributed by atoms with E-state index in [0.29, 0.717) is 12.5 Å². The summed E-state index contributed by atoms with van der Waals surface area (Å²) in [7, 11) is 3.21. The summed E-state index contributed by atoms with van der Waals surface area (Å²) >= 11 is 0. The number of nitrogens with zero attached hydrogens (tertiary/aromatic N) is 4. The maximum Gasteiger partial charge on any atom is 0.332 e. The Labute approximate surface area is 142 Å². The Kier molecular flexibility index (Phi) is 4.26. The van der Waals surface area contributed by atoms with Crippen LogP contribution in [-0.4, -0.2) is 25.2 Å². The van der Waals surface area contributed by atoms with E-state index in [0.717, 1.165) is 4.57 Å². The predicted octanol–water partition coefficient (Wildman–Crippen LogP) is 1.22. The molecule has 0 spiro atoms. The van der Waals surface area contributed by atoms with Gasteiger partial charge in [-0.25, -0.2) is 9.18 Å². The topological polar surface area (TPSA) is 73.8 Å². The highest BCUT2D eigenvalue weighted by Gasteiger charge is 2.18. The number of imidazole rings is 1. The average Bonchev–Trinajstić information content (AvgIpc) is 2.93. The van der Waals surface area contributed by atoms with Gasteiger partial charge in [-0.1, -0.05) is 24.3 Å². The van der Waals surface area contributed by atoms with Gasteiger partial charge in [-0.2, -0.15) is 4.98 Å². The van der Waals surface area contributed by atoms with Gasteiger partial charge in [-0.15, -0.1) is 6.58 Å². The van der Waals surface area contributed by atoms with Crippen molar-refractivity contribution in [2.75, 3.05) is 11.9 Å². The molecular weight excluding hydrogens is 325 g/mol. The van der Waals surface area contributed by atoms with Gasteiger partial charge in [0, 0.05) is 26.2 Å². The quantitative estimate of drug-likeness (QED) is 0.707. The molecule has 2 aromatic heterocycles. The molecule has 2 heterocycles. The van der Waals surface area contributed by atoms with Gasteiger partial charge in [0.1, 0.15) is 5.82 Å². The SMILES string of the molecule is C=CCNc1nc2c(c(=O)n(Cc3ccccc3F)c(=O)n2C)n1C. The highest BCUT2D eigenvalue weighted by atomic mass is 19.1. The fourth-order valence-corrected chi connectivity index (χ4v) is 2.70. The summed E-state index contributed by atoms with van der Waals surface area (Å²) < 4.78 is 17.8. The number of hydrogen-bond donors (Lipinski definition) is 1. The predicted molar refractivity (Wildman–Crippen MR) is 94.4 cm³/mol. The fourth-order valence-electron chi connectivity index (χ4n) is 2.70. The molecule has 0 saturated carbocycles. The largest absolute Gasteiger partial charge is 0.352 e. The lowest BCUT2D eigenvalue weighted by Gasteiger charge is -2.09. The summed E-state index contributed by atoms with van der Waals surface area (Å²) in [5.41, 5.74) is -0.246. The molecule has 0 fully saturated rings. The first-order chi connectivity index (χ1) is 12.0. The van der Waals surface area contributed by atoms with E-state index in [4.69, 9.17) is 0 Å². The number of anilines is 1. The summed E-state index contributed by atoms with van der Waals surface area (Å²) in [6.45, 7) is 3.94. The van der Waals surface area contributed by atoms with Gasteiger partial charge in [0.15, 0.2) is 11.2 Å². The zero-order chi connectivity index (χ0) is 18.1. The normalized spacial score (nSPS) is 11.0. The second-order valence-corrected chi connectivity index (χ2v) is 5.66. The van der Waals surface area contributed by atoms with E-state index < -0.39 is 17.1 Å². The summed E-state index contributed by atoms with van der Waals surface area (Å²) in [6.07, 6.45) is 1.66. The van der Waals surface area contributed by atoms with Gasteiger partial charge in [0.2, 0.25) is 5.95 Å². The standard InChI is InChI=1S/C17H18FN5O2/c1-4-9-19-16-20-14-13(21(16)2)15(24)23(17(25)22(14)3)10-11-7-5-6-8-12(11)18/h4-8H,1,9-10H2,2-3H3,(H,19,20). The average molecular weight is 343 g/mol. The summed E-state index contributed by atoms with van der Waals surface area (Å²) in [4.78, 5) is 29.7. The Hall–Kier alpha value is -3.16. The maximum absolute atomic E-state index is 13.9. The molecule has 3 aromatic rings. The van der Waals surface area contributed by atoms with Crippen molar-refractivity contribution >= 4 is 17.1 Å². The van der Waals surface area contributed by atoms with Crippen molar-refractivity contribution in [3.05, 3.63) is 69.1 Å². The van der Waals surface area contributed by atoms with Crippen LogP contribution in [0.3, 0.4) is 0 Å². The lowest BCUT2D eigenvalue weighted by molar-refractivity contribution is 0.582. The smallest absolute Gasteiger partial charge is 0.332 e. The molecule has 0 aliphatic heterocycles. The van der Waals surface area contributed by atoms with Crippen LogP contribution in [0.15, 0.2) is 46.5 Å². The molecule has 0 atom stereocenters. The highest BCUT2D eigenvalue weighted by molar-refractivity contribution is 5.74. The van der Waals surface area contributed by atoms with Crippen molar-refractivity contribution in [3.63, 3.8) is 0 Å². The van der Waals surface area contributed by atoms with Crippen molar-refractivity contribution in [3.8, 4) is 0 Å². The van der Waals surface area contributed by atoms with Crippen LogP contribution < -0.4 is 16.6 Å². The molecule has 130 valence electrons. The molecular formula is C17H18FN5O2. The number of fused-ring (bicyclic) bond motifs is 1. The molecule has 8 heteroatoms. The van der Waals surface area contributed by atoms with E-state index in [-0.39, 0.29) is 23.3 Å². The molecule has 0 bridgehead atoms. The van der Waals surface area contributed by atoms with Gasteiger partial charge in [0.25, 0.3) is 5.56 Å². The first kappa shape index (κ1) is 16.7. The number of nitrogens with one attached hydrogen (secondary N) is 1. The Bertz CT molecular complexity index is 1080. The van der Waals surface area contributed by atoms with Gasteiger partial charge >= 0.3 is 5.69 Å². The van der Waals surface area contributed by atoms with Crippen LogP contribution in [0, 0.1) is 5.82 Å². The third-order valence-electron chi connectivity index (χ3n) is 4.05. The fraction of sp³-hybridized carbons (Fsp3) is 0.235. The van der Waals surface area contributed by atoms with Gasteiger partial charge < -0.3 is 9.88 Å². The molecule has 1 aromatic carbocycles. The lowest BCUT2D eigenvalue weighted by atomic mass is 10.2. The van der Waals surface area contributed by atoms with Crippen LogP contribution in [0.1, 0.15) is 5.56 Å². The molecule has 1 N–H and O–H groups in total. The zero-order valence-corrected chi connectivity index (χ0v) is 14.0. The van der Waals surface area contributed by atoms with E-state index >= 15 is 0 Å². The molecule has 0 saturated heterocycles. The number of benzene rings is 1. The minimum atomic E-state index is -0.547. The third-order valence-corrected chi connectivity index (χ3v) is 4.05. The van der Waals surface area contributed by atoms with E-state index in [1.807, 2.05) is 0 Å². The molecule has 0 amide bonds. The van der Waals surface area contributed by atoms with Crippen molar-refractivity contribution in [1.82, 2.24) is 18.7 Å². The van der Waals surface area contributed by atoms with E-state index in [1.165, 1.54) is 17.7 Å². The van der Waals surface area contributed by atoms with Gasteiger partial charge in [-0.3, -0.25) is 13.9 Å². The van der Waals surface area contributed by atoms with Crippen LogP contribution in [0.4, 0.5) is 10.3 Å². The van der Waals surface area contributed by atoms with Crippen LogP contribution in [0.2, 0.25) is 0 Å². The Morgan fingerprint density at radius 3 is 2.64 bits per heavy atom. The van der Waals surface area contributed by atoms with Gasteiger partial charge in [-0.05, 0) is 6.07 Å².